The summed E-state index contributed by atoms with van der Waals surface area (Å²) in [5.74, 6) is 0.306. The van der Waals surface area contributed by atoms with Crippen LogP contribution in [0.15, 0.2) is 59.8 Å². The second kappa shape index (κ2) is 8.96. The molecule has 1 saturated carbocycles. The average Bonchev–Trinajstić information content (AvgIpc) is 3.55. The number of hydrogen-bond acceptors (Lipinski definition) is 7. The van der Waals surface area contributed by atoms with Crippen LogP contribution >= 0.6 is 11.8 Å². The first kappa shape index (κ1) is 20.5. The Morgan fingerprint density at radius 2 is 1.77 bits per heavy atom. The van der Waals surface area contributed by atoms with Crippen LogP contribution in [0, 0.1) is 10.1 Å². The lowest BCUT2D eigenvalue weighted by atomic mass is 10.2. The van der Waals surface area contributed by atoms with Crippen molar-refractivity contribution in [2.24, 2.45) is 0 Å². The highest BCUT2D eigenvalue weighted by Crippen LogP contribution is 2.41. The van der Waals surface area contributed by atoms with Crippen LogP contribution in [0.5, 0.6) is 0 Å². The van der Waals surface area contributed by atoms with Crippen molar-refractivity contribution in [3.05, 3.63) is 76.1 Å². The van der Waals surface area contributed by atoms with E-state index in [1.807, 2.05) is 34.9 Å². The topological polar surface area (TPSA) is 132 Å². The zero-order chi connectivity index (χ0) is 21.8. The predicted molar refractivity (Wildman–Crippen MR) is 113 cm³/mol. The van der Waals surface area contributed by atoms with E-state index in [0.717, 1.165) is 24.4 Å². The lowest BCUT2D eigenvalue weighted by molar-refractivity contribution is -0.384. The fourth-order valence-electron chi connectivity index (χ4n) is 2.90. The fraction of sp³-hybridized carbons (Fsp3) is 0.200. The lowest BCUT2D eigenvalue weighted by Crippen LogP contribution is -2.42. The van der Waals surface area contributed by atoms with Gasteiger partial charge in [-0.2, -0.15) is 0 Å². The molecule has 1 aromatic heterocycles. The van der Waals surface area contributed by atoms with E-state index in [1.54, 1.807) is 0 Å². The molecule has 1 aliphatic carbocycles. The maximum absolute atomic E-state index is 12.2. The van der Waals surface area contributed by atoms with E-state index in [0.29, 0.717) is 11.1 Å². The zero-order valence-electron chi connectivity index (χ0n) is 16.2. The van der Waals surface area contributed by atoms with Crippen LogP contribution in [0.3, 0.4) is 0 Å². The highest BCUT2D eigenvalue weighted by atomic mass is 32.2. The molecular formula is C20H18N6O4S. The molecule has 0 atom stereocenters. The number of amides is 2. The van der Waals surface area contributed by atoms with Crippen LogP contribution in [-0.2, 0) is 4.79 Å². The molecule has 0 spiro atoms. The Morgan fingerprint density at radius 1 is 1.06 bits per heavy atom. The van der Waals surface area contributed by atoms with Gasteiger partial charge < -0.3 is 0 Å². The van der Waals surface area contributed by atoms with E-state index in [4.69, 9.17) is 0 Å². The molecule has 2 amide bonds. The third kappa shape index (κ3) is 4.89. The molecule has 3 aromatic rings. The third-order valence-electron chi connectivity index (χ3n) is 4.60. The summed E-state index contributed by atoms with van der Waals surface area (Å²) in [6.45, 7) is 0. The van der Waals surface area contributed by atoms with Crippen molar-refractivity contribution in [3.8, 4) is 5.69 Å². The number of para-hydroxylation sites is 1. The maximum atomic E-state index is 12.2. The van der Waals surface area contributed by atoms with Crippen molar-refractivity contribution < 1.29 is 14.5 Å². The number of nitro benzene ring substituents is 1. The number of thioether (sulfide) groups is 1. The van der Waals surface area contributed by atoms with E-state index in [-0.39, 0.29) is 17.0 Å². The predicted octanol–water partition coefficient (Wildman–Crippen LogP) is 2.61. The lowest BCUT2D eigenvalue weighted by Gasteiger charge is -2.10. The number of hydrogen-bond donors (Lipinski definition) is 2. The summed E-state index contributed by atoms with van der Waals surface area (Å²) in [7, 11) is 0. The second-order valence-corrected chi connectivity index (χ2v) is 7.82. The van der Waals surface area contributed by atoms with Crippen molar-refractivity contribution in [3.63, 3.8) is 0 Å². The Labute approximate surface area is 181 Å². The molecule has 0 aliphatic heterocycles. The van der Waals surface area contributed by atoms with Crippen molar-refractivity contribution >= 4 is 29.3 Å². The van der Waals surface area contributed by atoms with E-state index in [1.165, 1.54) is 36.0 Å². The Hall–Kier alpha value is -3.73. The van der Waals surface area contributed by atoms with Gasteiger partial charge in [-0.05, 0) is 37.1 Å². The summed E-state index contributed by atoms with van der Waals surface area (Å²) in [4.78, 5) is 34.4. The number of benzene rings is 2. The number of nitrogens with one attached hydrogen (secondary N) is 2. The van der Waals surface area contributed by atoms with E-state index < -0.39 is 16.7 Å². The Balaban J connectivity index is 1.35. The number of nitrogens with zero attached hydrogens (tertiary/aromatic N) is 4. The molecule has 31 heavy (non-hydrogen) atoms. The second-order valence-electron chi connectivity index (χ2n) is 6.88. The van der Waals surface area contributed by atoms with Gasteiger partial charge in [0.1, 0.15) is 5.82 Å². The number of non-ortho nitro benzene ring substituents is 1. The van der Waals surface area contributed by atoms with E-state index in [9.17, 15) is 19.7 Å². The molecule has 0 radical (unpaired) electrons. The monoisotopic (exact) mass is 438 g/mol. The zero-order valence-corrected chi connectivity index (χ0v) is 17.0. The van der Waals surface area contributed by atoms with Crippen molar-refractivity contribution in [1.82, 2.24) is 25.6 Å². The van der Waals surface area contributed by atoms with Gasteiger partial charge in [0, 0.05) is 29.3 Å². The molecule has 2 aromatic carbocycles. The Bertz CT molecular complexity index is 1110. The highest BCUT2D eigenvalue weighted by Gasteiger charge is 2.31. The van der Waals surface area contributed by atoms with E-state index >= 15 is 0 Å². The van der Waals surface area contributed by atoms with E-state index in [2.05, 4.69) is 21.0 Å². The number of carbonyl (C=O) groups excluding carboxylic acids is 2. The van der Waals surface area contributed by atoms with Gasteiger partial charge in [0.15, 0.2) is 5.16 Å². The van der Waals surface area contributed by atoms with Crippen LogP contribution < -0.4 is 10.9 Å². The molecule has 158 valence electrons. The molecule has 1 heterocycles. The number of carbonyl (C=O) groups is 2. The molecule has 11 heteroatoms. The van der Waals surface area contributed by atoms with Crippen LogP contribution in [0.1, 0.15) is 34.9 Å². The minimum atomic E-state index is -0.572. The number of aromatic nitrogens is 3. The van der Waals surface area contributed by atoms with Gasteiger partial charge >= 0.3 is 0 Å². The van der Waals surface area contributed by atoms with Crippen LogP contribution in [0.4, 0.5) is 5.69 Å². The van der Waals surface area contributed by atoms with Gasteiger partial charge in [-0.3, -0.25) is 35.1 Å². The average molecular weight is 438 g/mol. The van der Waals surface area contributed by atoms with Crippen LogP contribution in [0.2, 0.25) is 0 Å². The molecular weight excluding hydrogens is 420 g/mol. The van der Waals surface area contributed by atoms with Gasteiger partial charge in [-0.1, -0.05) is 30.0 Å². The maximum Gasteiger partial charge on any atom is 0.269 e. The Morgan fingerprint density at radius 3 is 2.42 bits per heavy atom. The largest absolute Gasteiger partial charge is 0.274 e. The smallest absolute Gasteiger partial charge is 0.269 e. The van der Waals surface area contributed by atoms with Gasteiger partial charge in [-0.15, -0.1) is 10.2 Å². The first-order valence-electron chi connectivity index (χ1n) is 9.50. The molecule has 0 bridgehead atoms. The van der Waals surface area contributed by atoms with Gasteiger partial charge in [0.2, 0.25) is 5.91 Å². The first-order chi connectivity index (χ1) is 15.0. The Kier molecular flexibility index (Phi) is 5.94. The summed E-state index contributed by atoms with van der Waals surface area (Å²) in [6, 6.07) is 14.8. The fourth-order valence-corrected chi connectivity index (χ4v) is 3.66. The van der Waals surface area contributed by atoms with Gasteiger partial charge in [0.25, 0.3) is 11.6 Å². The molecule has 4 rings (SSSR count). The summed E-state index contributed by atoms with van der Waals surface area (Å²) >= 11 is 1.22. The first-order valence-corrected chi connectivity index (χ1v) is 10.5. The molecule has 0 saturated heterocycles. The normalized spacial score (nSPS) is 12.9. The van der Waals surface area contributed by atoms with Crippen molar-refractivity contribution in [2.75, 3.05) is 5.75 Å². The molecule has 1 fully saturated rings. The summed E-state index contributed by atoms with van der Waals surface area (Å²) < 4.78 is 1.96. The summed E-state index contributed by atoms with van der Waals surface area (Å²) in [5, 5.41) is 19.8. The van der Waals surface area contributed by atoms with Gasteiger partial charge in [-0.25, -0.2) is 0 Å². The molecule has 1 aliphatic rings. The number of rotatable bonds is 7. The quantitative estimate of drug-likeness (QED) is 0.329. The highest BCUT2D eigenvalue weighted by molar-refractivity contribution is 7.99. The third-order valence-corrected chi connectivity index (χ3v) is 5.53. The van der Waals surface area contributed by atoms with Crippen molar-refractivity contribution in [1.29, 1.82) is 0 Å². The SMILES string of the molecule is O=C(CSc1nnc(C2CC2)n1-c1ccccc1)NNC(=O)c1ccc([N+](=O)[O-])cc1. The van der Waals surface area contributed by atoms with Gasteiger partial charge in [0.05, 0.1) is 10.7 Å². The molecule has 0 unspecified atom stereocenters. The van der Waals surface area contributed by atoms with Crippen molar-refractivity contribution in [2.45, 2.75) is 23.9 Å². The van der Waals surface area contributed by atoms with Crippen LogP contribution in [-0.4, -0.2) is 37.3 Å². The molecule has 2 N–H and O–H groups in total. The summed E-state index contributed by atoms with van der Waals surface area (Å²) in [5.41, 5.74) is 5.64. The standard InChI is InChI=1S/C20H18N6O4S/c27-17(21-23-19(28)14-8-10-16(11-9-14)26(29)30)12-31-20-24-22-18(13-6-7-13)25(20)15-4-2-1-3-5-15/h1-5,8-11,13H,6-7,12H2,(H,21,27)(H,23,28). The van der Waals surface area contributed by atoms with Crippen LogP contribution in [0.25, 0.3) is 5.69 Å². The minimum absolute atomic E-state index is 0.0240. The summed E-state index contributed by atoms with van der Waals surface area (Å²) in [6.07, 6.45) is 2.15. The number of nitro groups is 1. The number of hydrazine groups is 1. The molecule has 10 nitrogen and oxygen atoms in total. The minimum Gasteiger partial charge on any atom is -0.274 e.